The van der Waals surface area contributed by atoms with Crippen LogP contribution in [-0.2, 0) is 19.0 Å². The summed E-state index contributed by atoms with van der Waals surface area (Å²) in [5, 5.41) is 0.868. The van der Waals surface area contributed by atoms with Crippen molar-refractivity contribution < 1.29 is 42.8 Å². The number of cyclic esters (lactones) is 1. The van der Waals surface area contributed by atoms with Crippen molar-refractivity contribution >= 4 is 29.1 Å². The van der Waals surface area contributed by atoms with Crippen molar-refractivity contribution in [1.82, 2.24) is 9.88 Å². The lowest BCUT2D eigenvalue weighted by molar-refractivity contribution is -0.150. The topological polar surface area (TPSA) is 126 Å². The van der Waals surface area contributed by atoms with E-state index >= 15 is 0 Å². The number of hydrogen-bond acceptors (Lipinski definition) is 9. The summed E-state index contributed by atoms with van der Waals surface area (Å²) in [6, 6.07) is 9.68. The number of benzene rings is 2. The average molecular weight is 496 g/mol. The molecule has 3 heterocycles. The van der Waals surface area contributed by atoms with E-state index in [0.29, 0.717) is 11.3 Å². The number of rotatable bonds is 5. The number of nitrogens with zero attached hydrogens (tertiary/aromatic N) is 1. The molecule has 1 aromatic heterocycles. The van der Waals surface area contributed by atoms with Crippen molar-refractivity contribution in [2.45, 2.75) is 25.1 Å². The zero-order valence-corrected chi connectivity index (χ0v) is 20.0. The minimum absolute atomic E-state index is 0.0293. The number of H-pyrrole nitrogens is 1. The van der Waals surface area contributed by atoms with Crippen LogP contribution in [0.2, 0.25) is 0 Å². The van der Waals surface area contributed by atoms with Gasteiger partial charge in [0.1, 0.15) is 18.7 Å². The normalized spacial score (nSPS) is 20.3. The zero-order chi connectivity index (χ0) is 25.6. The summed E-state index contributed by atoms with van der Waals surface area (Å²) in [6.07, 6.45) is -2.23. The van der Waals surface area contributed by atoms with Gasteiger partial charge in [-0.3, -0.25) is 9.69 Å². The van der Waals surface area contributed by atoms with Crippen LogP contribution in [0.1, 0.15) is 35.9 Å². The molecule has 0 saturated carbocycles. The quantitative estimate of drug-likeness (QED) is 0.318. The first-order chi connectivity index (χ1) is 17.4. The third kappa shape index (κ3) is 3.63. The van der Waals surface area contributed by atoms with Gasteiger partial charge < -0.3 is 33.4 Å². The molecule has 0 unspecified atom stereocenters. The van der Waals surface area contributed by atoms with E-state index in [2.05, 4.69) is 9.72 Å². The zero-order valence-electron chi connectivity index (χ0n) is 20.0. The van der Waals surface area contributed by atoms with E-state index in [4.69, 9.17) is 23.7 Å². The predicted molar refractivity (Wildman–Crippen MR) is 124 cm³/mol. The molecule has 36 heavy (non-hydrogen) atoms. The minimum atomic E-state index is -0.942. The molecule has 1 amide bonds. The number of methoxy groups -OCH3 is 3. The molecule has 1 saturated heterocycles. The van der Waals surface area contributed by atoms with Gasteiger partial charge in [0.05, 0.1) is 27.0 Å². The SMILES string of the molecule is COC(=O)Oc1c(OC)cc([C@@H]2c3[nH]c4ccccc4c3[C@@H](OC(C)=O)[C@H]3COC(=O)N23)cc1OC. The fourth-order valence-electron chi connectivity index (χ4n) is 4.94. The molecule has 3 aromatic rings. The van der Waals surface area contributed by atoms with Crippen LogP contribution in [-0.4, -0.2) is 62.1 Å². The molecule has 3 atom stereocenters. The number of esters is 1. The fraction of sp³-hybridized carbons (Fsp3) is 0.320. The molecule has 5 rings (SSSR count). The summed E-state index contributed by atoms with van der Waals surface area (Å²) in [5.41, 5.74) is 2.84. The molecule has 188 valence electrons. The smallest absolute Gasteiger partial charge is 0.493 e. The van der Waals surface area contributed by atoms with E-state index in [-0.39, 0.29) is 23.9 Å². The van der Waals surface area contributed by atoms with E-state index in [1.165, 1.54) is 28.3 Å². The van der Waals surface area contributed by atoms with Crippen LogP contribution in [0.25, 0.3) is 10.9 Å². The highest BCUT2D eigenvalue weighted by Crippen LogP contribution is 2.51. The molecule has 0 bridgehead atoms. The van der Waals surface area contributed by atoms with Gasteiger partial charge in [0.2, 0.25) is 5.75 Å². The van der Waals surface area contributed by atoms with E-state index in [0.717, 1.165) is 16.5 Å². The van der Waals surface area contributed by atoms with E-state index < -0.39 is 36.4 Å². The summed E-state index contributed by atoms with van der Waals surface area (Å²) in [5.74, 6) is -0.0551. The number of hydrogen-bond donors (Lipinski definition) is 1. The number of aromatic nitrogens is 1. The largest absolute Gasteiger partial charge is 0.513 e. The molecule has 0 spiro atoms. The molecule has 0 radical (unpaired) electrons. The first-order valence-corrected chi connectivity index (χ1v) is 11.1. The van der Waals surface area contributed by atoms with Gasteiger partial charge in [-0.25, -0.2) is 9.59 Å². The van der Waals surface area contributed by atoms with E-state index in [1.54, 1.807) is 17.0 Å². The molecule has 11 heteroatoms. The molecule has 2 aliphatic rings. The Morgan fingerprint density at radius 2 is 1.78 bits per heavy atom. The third-order valence-corrected chi connectivity index (χ3v) is 6.35. The first kappa shape index (κ1) is 23.3. The maximum absolute atomic E-state index is 13.0. The molecule has 0 aliphatic carbocycles. The van der Waals surface area contributed by atoms with Crippen molar-refractivity contribution in [3.05, 3.63) is 53.2 Å². The van der Waals surface area contributed by atoms with Crippen LogP contribution in [0.3, 0.4) is 0 Å². The van der Waals surface area contributed by atoms with Crippen molar-refractivity contribution in [3.63, 3.8) is 0 Å². The first-order valence-electron chi connectivity index (χ1n) is 11.1. The van der Waals surface area contributed by atoms with Gasteiger partial charge in [-0.1, -0.05) is 18.2 Å². The third-order valence-electron chi connectivity index (χ3n) is 6.35. The van der Waals surface area contributed by atoms with Gasteiger partial charge in [0, 0.05) is 23.4 Å². The predicted octanol–water partition coefficient (Wildman–Crippen LogP) is 3.86. The van der Waals surface area contributed by atoms with Gasteiger partial charge in [-0.2, -0.15) is 0 Å². The number of fused-ring (bicyclic) bond motifs is 4. The number of para-hydroxylation sites is 1. The summed E-state index contributed by atoms with van der Waals surface area (Å²) in [7, 11) is 4.02. The van der Waals surface area contributed by atoms with Gasteiger partial charge >= 0.3 is 18.2 Å². The van der Waals surface area contributed by atoms with Crippen molar-refractivity contribution in [2.75, 3.05) is 27.9 Å². The maximum Gasteiger partial charge on any atom is 0.513 e. The highest BCUT2D eigenvalue weighted by molar-refractivity contribution is 5.87. The standard InChI is InChI=1S/C25H24N2O9/c1-12(28)35-22-16-11-34-24(29)27(16)21(20-19(22)14-7-5-6-8-15(14)26-20)13-9-17(31-2)23(18(10-13)32-3)36-25(30)33-4/h5-10,16,21-22,26H,11H2,1-4H3/t16-,21-,22+/m1/s1. The Bertz CT molecular complexity index is 1340. The second-order valence-electron chi connectivity index (χ2n) is 8.29. The number of ether oxygens (including phenoxy) is 6. The molecular formula is C25H24N2O9. The number of amides is 1. The minimum Gasteiger partial charge on any atom is -0.493 e. The average Bonchev–Trinajstić information content (AvgIpc) is 3.45. The van der Waals surface area contributed by atoms with Gasteiger partial charge in [0.15, 0.2) is 17.6 Å². The lowest BCUT2D eigenvalue weighted by Crippen LogP contribution is -2.46. The Labute approximate surface area is 205 Å². The summed E-state index contributed by atoms with van der Waals surface area (Å²) >= 11 is 0. The van der Waals surface area contributed by atoms with Gasteiger partial charge in [-0.15, -0.1) is 0 Å². The maximum atomic E-state index is 13.0. The van der Waals surface area contributed by atoms with Crippen LogP contribution in [0.5, 0.6) is 17.2 Å². The highest BCUT2D eigenvalue weighted by Gasteiger charge is 2.52. The Hall–Kier alpha value is -4.41. The van der Waals surface area contributed by atoms with Crippen LogP contribution in [0.4, 0.5) is 9.59 Å². The number of aromatic amines is 1. The fourth-order valence-corrected chi connectivity index (χ4v) is 4.94. The summed E-state index contributed by atoms with van der Waals surface area (Å²) in [4.78, 5) is 41.8. The van der Waals surface area contributed by atoms with Crippen molar-refractivity contribution in [3.8, 4) is 17.2 Å². The molecule has 11 nitrogen and oxygen atoms in total. The number of carbonyl (C=O) groups excluding carboxylic acids is 3. The Kier molecular flexibility index (Phi) is 5.83. The van der Waals surface area contributed by atoms with Crippen molar-refractivity contribution in [1.29, 1.82) is 0 Å². The summed E-state index contributed by atoms with van der Waals surface area (Å²) < 4.78 is 32.0. The lowest BCUT2D eigenvalue weighted by Gasteiger charge is -2.40. The Morgan fingerprint density at radius 3 is 2.42 bits per heavy atom. The van der Waals surface area contributed by atoms with Gasteiger partial charge in [-0.05, 0) is 23.8 Å². The Balaban J connectivity index is 1.74. The van der Waals surface area contributed by atoms with Crippen LogP contribution < -0.4 is 14.2 Å². The Morgan fingerprint density at radius 1 is 1.08 bits per heavy atom. The van der Waals surface area contributed by atoms with Crippen LogP contribution in [0.15, 0.2) is 36.4 Å². The monoisotopic (exact) mass is 496 g/mol. The van der Waals surface area contributed by atoms with Crippen LogP contribution in [0, 0.1) is 0 Å². The van der Waals surface area contributed by atoms with E-state index in [1.807, 2.05) is 24.3 Å². The molecule has 1 N–H and O–H groups in total. The van der Waals surface area contributed by atoms with E-state index in [9.17, 15) is 14.4 Å². The molecular weight excluding hydrogens is 472 g/mol. The second kappa shape index (κ2) is 8.99. The van der Waals surface area contributed by atoms with Crippen molar-refractivity contribution in [2.24, 2.45) is 0 Å². The highest BCUT2D eigenvalue weighted by atomic mass is 16.7. The number of carbonyl (C=O) groups is 3. The number of nitrogens with one attached hydrogen (secondary N) is 1. The molecule has 1 fully saturated rings. The van der Waals surface area contributed by atoms with Crippen LogP contribution >= 0.6 is 0 Å². The van der Waals surface area contributed by atoms with Gasteiger partial charge in [0.25, 0.3) is 0 Å². The molecule has 2 aromatic carbocycles. The molecule has 2 aliphatic heterocycles. The second-order valence-corrected chi connectivity index (χ2v) is 8.29. The lowest BCUT2D eigenvalue weighted by atomic mass is 9.86. The summed E-state index contributed by atoms with van der Waals surface area (Å²) in [6.45, 7) is 1.38.